The Morgan fingerprint density at radius 2 is 1.86 bits per heavy atom. The molecule has 0 N–H and O–H groups in total. The van der Waals surface area contributed by atoms with Crippen LogP contribution in [0.5, 0.6) is 5.75 Å². The van der Waals surface area contributed by atoms with Crippen LogP contribution in [0.4, 0.5) is 5.13 Å². The number of fused-ring (bicyclic) bond motifs is 1. The number of sulfone groups is 1. The van der Waals surface area contributed by atoms with E-state index in [1.807, 2.05) is 24.3 Å². The molecular formula is C25H32ClN3O5S2. The summed E-state index contributed by atoms with van der Waals surface area (Å²) in [6, 6.07) is 12.6. The molecule has 2 aromatic carbocycles. The van der Waals surface area contributed by atoms with Crippen LogP contribution in [0.2, 0.25) is 0 Å². The van der Waals surface area contributed by atoms with E-state index in [0.29, 0.717) is 48.6 Å². The minimum absolute atomic E-state index is 0. The van der Waals surface area contributed by atoms with E-state index in [0.717, 1.165) is 17.8 Å². The van der Waals surface area contributed by atoms with Gasteiger partial charge in [-0.1, -0.05) is 37.3 Å². The fourth-order valence-corrected chi connectivity index (χ4v) is 5.57. The number of hydrogen-bond acceptors (Lipinski definition) is 8. The normalized spacial score (nSPS) is 14.6. The maximum atomic E-state index is 13.3. The highest BCUT2D eigenvalue weighted by molar-refractivity contribution is 7.90. The second kappa shape index (κ2) is 12.3. The van der Waals surface area contributed by atoms with E-state index in [4.69, 9.17) is 9.47 Å². The van der Waals surface area contributed by atoms with Gasteiger partial charge in [-0.2, -0.15) is 0 Å². The Morgan fingerprint density at radius 1 is 1.17 bits per heavy atom. The van der Waals surface area contributed by atoms with E-state index in [1.165, 1.54) is 23.2 Å². The predicted octanol–water partition coefficient (Wildman–Crippen LogP) is 3.99. The fraction of sp³-hybridized carbons (Fsp3) is 0.440. The lowest BCUT2D eigenvalue weighted by molar-refractivity contribution is -0.120. The highest BCUT2D eigenvalue weighted by Gasteiger charge is 2.23. The molecule has 1 aromatic heterocycles. The maximum absolute atomic E-state index is 13.3. The second-order valence-corrected chi connectivity index (χ2v) is 11.9. The number of ether oxygens (including phenoxy) is 2. The number of halogens is 1. The van der Waals surface area contributed by atoms with Crippen LogP contribution in [0.15, 0.2) is 47.4 Å². The van der Waals surface area contributed by atoms with Crippen molar-refractivity contribution in [2.24, 2.45) is 0 Å². The van der Waals surface area contributed by atoms with Crippen molar-refractivity contribution < 1.29 is 22.7 Å². The van der Waals surface area contributed by atoms with Crippen molar-refractivity contribution in [2.75, 3.05) is 57.2 Å². The van der Waals surface area contributed by atoms with Crippen LogP contribution < -0.4 is 9.64 Å². The van der Waals surface area contributed by atoms with Gasteiger partial charge in [0.1, 0.15) is 5.75 Å². The Kier molecular flexibility index (Phi) is 9.71. The van der Waals surface area contributed by atoms with Gasteiger partial charge >= 0.3 is 0 Å². The first-order chi connectivity index (χ1) is 16.7. The van der Waals surface area contributed by atoms with Gasteiger partial charge in [0.25, 0.3) is 5.91 Å². The summed E-state index contributed by atoms with van der Waals surface area (Å²) >= 11 is 1.31. The fourth-order valence-electron chi connectivity index (χ4n) is 3.80. The molecule has 8 nitrogen and oxygen atoms in total. The van der Waals surface area contributed by atoms with Crippen LogP contribution in [-0.2, 0) is 19.4 Å². The Hall–Kier alpha value is -2.24. The molecule has 1 aliphatic heterocycles. The quantitative estimate of drug-likeness (QED) is 0.396. The summed E-state index contributed by atoms with van der Waals surface area (Å²) in [5.41, 5.74) is 1.87. The van der Waals surface area contributed by atoms with Gasteiger partial charge in [0.2, 0.25) is 0 Å². The third kappa shape index (κ3) is 7.17. The molecule has 0 radical (unpaired) electrons. The number of benzene rings is 2. The van der Waals surface area contributed by atoms with E-state index in [-0.39, 0.29) is 29.8 Å². The molecule has 0 aliphatic carbocycles. The van der Waals surface area contributed by atoms with Crippen molar-refractivity contribution in [2.45, 2.75) is 24.7 Å². The number of hydrogen-bond donors (Lipinski definition) is 0. The monoisotopic (exact) mass is 553 g/mol. The van der Waals surface area contributed by atoms with Crippen LogP contribution >= 0.6 is 23.7 Å². The summed E-state index contributed by atoms with van der Waals surface area (Å²) in [4.78, 5) is 22.1. The van der Waals surface area contributed by atoms with Gasteiger partial charge in [-0.3, -0.25) is 14.6 Å². The first kappa shape index (κ1) is 28.3. The lowest BCUT2D eigenvalue weighted by atomic mass is 10.0. The molecule has 2 heterocycles. The van der Waals surface area contributed by atoms with Crippen molar-refractivity contribution in [1.29, 1.82) is 0 Å². The van der Waals surface area contributed by atoms with Crippen molar-refractivity contribution in [3.63, 3.8) is 0 Å². The molecule has 1 saturated heterocycles. The van der Waals surface area contributed by atoms with Gasteiger partial charge in [0, 0.05) is 32.4 Å². The lowest BCUT2D eigenvalue weighted by Gasteiger charge is -2.29. The first-order valence-corrected chi connectivity index (χ1v) is 14.4. The first-order valence-electron chi connectivity index (χ1n) is 11.6. The largest absolute Gasteiger partial charge is 0.484 e. The van der Waals surface area contributed by atoms with E-state index < -0.39 is 9.84 Å². The molecule has 0 unspecified atom stereocenters. The molecular weight excluding hydrogens is 522 g/mol. The summed E-state index contributed by atoms with van der Waals surface area (Å²) in [6.07, 6.45) is 1.18. The lowest BCUT2D eigenvalue weighted by Crippen LogP contribution is -2.44. The third-order valence-corrected chi connectivity index (χ3v) is 8.11. The average Bonchev–Trinajstić information content (AvgIpc) is 3.26. The standard InChI is InChI=1S/C25H31N3O5S2.ClH/c1-18(2)19-4-6-20(7-5-19)33-17-24(29)28(11-10-27-12-14-32-15-13-27)25-26-22-9-8-21(35(3,30)31)16-23(22)34-25;/h4-9,16,18H,10-15,17H2,1-3H3;1H. The number of aromatic nitrogens is 1. The molecule has 1 aliphatic rings. The second-order valence-electron chi connectivity index (χ2n) is 8.91. The van der Waals surface area contributed by atoms with E-state index in [1.54, 1.807) is 23.1 Å². The summed E-state index contributed by atoms with van der Waals surface area (Å²) in [6.45, 7) is 8.27. The van der Waals surface area contributed by atoms with Crippen molar-refractivity contribution in [3.05, 3.63) is 48.0 Å². The number of rotatable bonds is 9. The molecule has 0 spiro atoms. The number of morpholine rings is 1. The molecule has 36 heavy (non-hydrogen) atoms. The van der Waals surface area contributed by atoms with Gasteiger partial charge < -0.3 is 9.47 Å². The number of anilines is 1. The van der Waals surface area contributed by atoms with Crippen LogP contribution in [0, 0.1) is 0 Å². The number of carbonyl (C=O) groups excluding carboxylic acids is 1. The molecule has 0 bridgehead atoms. The summed E-state index contributed by atoms with van der Waals surface area (Å²) in [7, 11) is -3.33. The van der Waals surface area contributed by atoms with Gasteiger partial charge in [-0.25, -0.2) is 13.4 Å². The van der Waals surface area contributed by atoms with Gasteiger partial charge in [-0.15, -0.1) is 12.4 Å². The Labute approximate surface area is 222 Å². The van der Waals surface area contributed by atoms with Crippen LogP contribution in [0.25, 0.3) is 10.2 Å². The van der Waals surface area contributed by atoms with E-state index >= 15 is 0 Å². The van der Waals surface area contributed by atoms with Gasteiger partial charge in [0.15, 0.2) is 21.6 Å². The summed E-state index contributed by atoms with van der Waals surface area (Å²) < 4.78 is 35.9. The number of thiazole rings is 1. The average molecular weight is 554 g/mol. The zero-order valence-electron chi connectivity index (χ0n) is 20.7. The van der Waals surface area contributed by atoms with Crippen molar-refractivity contribution in [3.8, 4) is 5.75 Å². The van der Waals surface area contributed by atoms with Crippen molar-refractivity contribution in [1.82, 2.24) is 9.88 Å². The molecule has 196 valence electrons. The third-order valence-electron chi connectivity index (χ3n) is 5.96. The zero-order valence-corrected chi connectivity index (χ0v) is 23.1. The van der Waals surface area contributed by atoms with Crippen LogP contribution in [-0.4, -0.2) is 76.5 Å². The van der Waals surface area contributed by atoms with Crippen LogP contribution in [0.3, 0.4) is 0 Å². The molecule has 0 saturated carbocycles. The molecule has 0 atom stereocenters. The smallest absolute Gasteiger partial charge is 0.266 e. The summed E-state index contributed by atoms with van der Waals surface area (Å²) in [5.74, 6) is 0.857. The molecule has 1 amide bonds. The highest BCUT2D eigenvalue weighted by atomic mass is 35.5. The predicted molar refractivity (Wildman–Crippen MR) is 146 cm³/mol. The highest BCUT2D eigenvalue weighted by Crippen LogP contribution is 2.31. The Bertz CT molecular complexity index is 1270. The topological polar surface area (TPSA) is 89.0 Å². The zero-order chi connectivity index (χ0) is 25.0. The summed E-state index contributed by atoms with van der Waals surface area (Å²) in [5, 5.41) is 0.530. The van der Waals surface area contributed by atoms with E-state index in [2.05, 4.69) is 23.7 Å². The minimum atomic E-state index is -3.33. The molecule has 1 fully saturated rings. The number of amides is 1. The van der Waals surface area contributed by atoms with Gasteiger partial charge in [-0.05, 0) is 41.8 Å². The molecule has 3 aromatic rings. The maximum Gasteiger partial charge on any atom is 0.266 e. The molecule has 4 rings (SSSR count). The van der Waals surface area contributed by atoms with E-state index in [9.17, 15) is 13.2 Å². The minimum Gasteiger partial charge on any atom is -0.484 e. The van der Waals surface area contributed by atoms with Crippen LogP contribution in [0.1, 0.15) is 25.3 Å². The SMILES string of the molecule is CC(C)c1ccc(OCC(=O)N(CCN2CCOCC2)c2nc3ccc(S(C)(=O)=O)cc3s2)cc1.Cl. The number of carbonyl (C=O) groups is 1. The van der Waals surface area contributed by atoms with Crippen molar-refractivity contribution >= 4 is 54.8 Å². The Balaban J connectivity index is 0.00000361. The van der Waals surface area contributed by atoms with Gasteiger partial charge in [0.05, 0.1) is 28.3 Å². The molecule has 11 heteroatoms. The Morgan fingerprint density at radius 3 is 2.50 bits per heavy atom. The number of nitrogens with zero attached hydrogens (tertiary/aromatic N) is 3.